The summed E-state index contributed by atoms with van der Waals surface area (Å²) in [4.78, 5) is 15.0. The van der Waals surface area contributed by atoms with Gasteiger partial charge >= 0.3 is 5.97 Å². The first-order valence-electron chi connectivity index (χ1n) is 3.92. The van der Waals surface area contributed by atoms with Crippen molar-refractivity contribution in [1.82, 2.24) is 4.98 Å². The topological polar surface area (TPSA) is 65.2 Å². The molecule has 0 saturated carbocycles. The molecule has 1 rings (SSSR count). The lowest BCUT2D eigenvalue weighted by atomic mass is 10.1. The molecule has 4 heteroatoms. The number of nitrogen functional groups attached to an aromatic ring is 1. The van der Waals surface area contributed by atoms with Crippen molar-refractivity contribution in [2.75, 3.05) is 12.8 Å². The van der Waals surface area contributed by atoms with Gasteiger partial charge in [-0.15, -0.1) is 0 Å². The van der Waals surface area contributed by atoms with Crippen molar-refractivity contribution in [2.24, 2.45) is 0 Å². The molecule has 0 radical (unpaired) electrons. The van der Waals surface area contributed by atoms with Gasteiger partial charge in [-0.05, 0) is 18.6 Å². The van der Waals surface area contributed by atoms with Gasteiger partial charge in [-0.3, -0.25) is 9.78 Å². The zero-order chi connectivity index (χ0) is 9.84. The van der Waals surface area contributed by atoms with E-state index in [0.29, 0.717) is 11.4 Å². The highest BCUT2D eigenvalue weighted by molar-refractivity contribution is 5.72. The number of hydrogen-bond donors (Lipinski definition) is 1. The molecule has 1 heterocycles. The fourth-order valence-electron chi connectivity index (χ4n) is 0.983. The van der Waals surface area contributed by atoms with Gasteiger partial charge in [0.15, 0.2) is 0 Å². The number of pyridine rings is 1. The molecule has 2 N–H and O–H groups in total. The number of esters is 1. The van der Waals surface area contributed by atoms with E-state index in [1.807, 2.05) is 6.92 Å². The zero-order valence-corrected chi connectivity index (χ0v) is 7.70. The number of nitrogens with two attached hydrogens (primary N) is 1. The lowest BCUT2D eigenvalue weighted by Gasteiger charge is -2.05. The molecule has 1 aromatic rings. The van der Waals surface area contributed by atoms with Crippen LogP contribution in [0.2, 0.25) is 0 Å². The Labute approximate surface area is 76.7 Å². The molecule has 0 spiro atoms. The average molecular weight is 180 g/mol. The van der Waals surface area contributed by atoms with Gasteiger partial charge in [-0.2, -0.15) is 0 Å². The van der Waals surface area contributed by atoms with Crippen LogP contribution in [0, 0.1) is 6.92 Å². The molecule has 0 fully saturated rings. The number of ether oxygens (including phenoxy) is 1. The lowest BCUT2D eigenvalue weighted by molar-refractivity contribution is -0.139. The van der Waals surface area contributed by atoms with Crippen LogP contribution in [-0.2, 0) is 16.0 Å². The molecule has 0 aromatic carbocycles. The van der Waals surface area contributed by atoms with E-state index < -0.39 is 0 Å². The summed E-state index contributed by atoms with van der Waals surface area (Å²) in [5, 5.41) is 0. The van der Waals surface area contributed by atoms with E-state index in [-0.39, 0.29) is 12.4 Å². The standard InChI is InChI=1S/C9H12N2O2/c1-6-7(10)3-4-11-8(6)5-9(12)13-2/h3-4H,5H2,1-2H3,(H2,10,11). The van der Waals surface area contributed by atoms with Crippen molar-refractivity contribution in [3.63, 3.8) is 0 Å². The fraction of sp³-hybridized carbons (Fsp3) is 0.333. The SMILES string of the molecule is COC(=O)Cc1nccc(N)c1C. The third-order valence-electron chi connectivity index (χ3n) is 1.89. The number of anilines is 1. The Morgan fingerprint density at radius 3 is 3.00 bits per heavy atom. The van der Waals surface area contributed by atoms with Crippen LogP contribution in [0.3, 0.4) is 0 Å². The third-order valence-corrected chi connectivity index (χ3v) is 1.89. The maximum absolute atomic E-state index is 10.9. The molecule has 4 nitrogen and oxygen atoms in total. The molecule has 1 aromatic heterocycles. The van der Waals surface area contributed by atoms with Gasteiger partial charge in [0.05, 0.1) is 19.2 Å². The van der Waals surface area contributed by atoms with Crippen LogP contribution < -0.4 is 5.73 Å². The van der Waals surface area contributed by atoms with E-state index in [0.717, 1.165) is 5.56 Å². The second-order valence-electron chi connectivity index (χ2n) is 2.72. The summed E-state index contributed by atoms with van der Waals surface area (Å²) < 4.78 is 4.53. The van der Waals surface area contributed by atoms with Gasteiger partial charge in [-0.25, -0.2) is 0 Å². The predicted octanol–water partition coefficient (Wildman–Crippen LogP) is 0.688. The van der Waals surface area contributed by atoms with Crippen LogP contribution in [0.5, 0.6) is 0 Å². The van der Waals surface area contributed by atoms with E-state index in [2.05, 4.69) is 9.72 Å². The number of rotatable bonds is 2. The molecule has 0 aliphatic rings. The van der Waals surface area contributed by atoms with Crippen LogP contribution >= 0.6 is 0 Å². The highest BCUT2D eigenvalue weighted by Crippen LogP contribution is 2.13. The van der Waals surface area contributed by atoms with Crippen molar-refractivity contribution >= 4 is 11.7 Å². The molecule has 13 heavy (non-hydrogen) atoms. The minimum Gasteiger partial charge on any atom is -0.469 e. The summed E-state index contributed by atoms with van der Waals surface area (Å²) in [5.74, 6) is -0.304. The van der Waals surface area contributed by atoms with Crippen molar-refractivity contribution < 1.29 is 9.53 Å². The first kappa shape index (κ1) is 9.51. The Morgan fingerprint density at radius 2 is 2.38 bits per heavy atom. The predicted molar refractivity (Wildman–Crippen MR) is 49.1 cm³/mol. The Hall–Kier alpha value is -1.58. The van der Waals surface area contributed by atoms with Gasteiger partial charge < -0.3 is 10.5 Å². The van der Waals surface area contributed by atoms with Crippen molar-refractivity contribution in [3.8, 4) is 0 Å². The van der Waals surface area contributed by atoms with Crippen LogP contribution in [-0.4, -0.2) is 18.1 Å². The molecule has 0 bridgehead atoms. The Balaban J connectivity index is 2.89. The largest absolute Gasteiger partial charge is 0.469 e. The minimum absolute atomic E-state index is 0.174. The molecule has 0 aliphatic heterocycles. The number of carbonyl (C=O) groups is 1. The maximum Gasteiger partial charge on any atom is 0.311 e. The number of hydrogen-bond acceptors (Lipinski definition) is 4. The number of carbonyl (C=O) groups excluding carboxylic acids is 1. The molecule has 0 atom stereocenters. The van der Waals surface area contributed by atoms with Gasteiger partial charge in [0.25, 0.3) is 0 Å². The number of aromatic nitrogens is 1. The smallest absolute Gasteiger partial charge is 0.311 e. The van der Waals surface area contributed by atoms with E-state index in [9.17, 15) is 4.79 Å². The first-order chi connectivity index (χ1) is 6.15. The Kier molecular flexibility index (Phi) is 2.84. The normalized spacial score (nSPS) is 9.69. The second kappa shape index (κ2) is 3.89. The number of methoxy groups -OCH3 is 1. The minimum atomic E-state index is -0.304. The van der Waals surface area contributed by atoms with Crippen LogP contribution in [0.1, 0.15) is 11.3 Å². The van der Waals surface area contributed by atoms with E-state index in [4.69, 9.17) is 5.73 Å². The first-order valence-corrected chi connectivity index (χ1v) is 3.92. The summed E-state index contributed by atoms with van der Waals surface area (Å²) >= 11 is 0. The molecular formula is C9H12N2O2. The van der Waals surface area contributed by atoms with Crippen molar-refractivity contribution in [1.29, 1.82) is 0 Å². The van der Waals surface area contributed by atoms with Crippen LogP contribution in [0.25, 0.3) is 0 Å². The second-order valence-corrected chi connectivity index (χ2v) is 2.72. The summed E-state index contributed by atoms with van der Waals surface area (Å²) in [6.45, 7) is 1.83. The third kappa shape index (κ3) is 2.18. The van der Waals surface area contributed by atoms with Gasteiger partial charge in [0.1, 0.15) is 0 Å². The summed E-state index contributed by atoms with van der Waals surface area (Å²) in [6.07, 6.45) is 1.76. The van der Waals surface area contributed by atoms with E-state index in [1.165, 1.54) is 7.11 Å². The Morgan fingerprint density at radius 1 is 1.69 bits per heavy atom. The summed E-state index contributed by atoms with van der Waals surface area (Å²) in [6, 6.07) is 1.70. The molecule has 0 amide bonds. The molecule has 0 saturated heterocycles. The summed E-state index contributed by atoms with van der Waals surface area (Å²) in [7, 11) is 1.35. The fourth-order valence-corrected chi connectivity index (χ4v) is 0.983. The molecule has 0 aliphatic carbocycles. The van der Waals surface area contributed by atoms with Crippen LogP contribution in [0.4, 0.5) is 5.69 Å². The van der Waals surface area contributed by atoms with E-state index >= 15 is 0 Å². The monoisotopic (exact) mass is 180 g/mol. The van der Waals surface area contributed by atoms with Gasteiger partial charge in [0, 0.05) is 11.9 Å². The summed E-state index contributed by atoms with van der Waals surface area (Å²) in [5.41, 5.74) is 7.81. The molecule has 70 valence electrons. The van der Waals surface area contributed by atoms with E-state index in [1.54, 1.807) is 12.3 Å². The Bertz CT molecular complexity index is 323. The zero-order valence-electron chi connectivity index (χ0n) is 7.70. The van der Waals surface area contributed by atoms with Crippen LogP contribution in [0.15, 0.2) is 12.3 Å². The molecular weight excluding hydrogens is 168 g/mol. The average Bonchev–Trinajstić information content (AvgIpc) is 2.13. The van der Waals surface area contributed by atoms with Crippen molar-refractivity contribution in [3.05, 3.63) is 23.5 Å². The quantitative estimate of drug-likeness (QED) is 0.680. The van der Waals surface area contributed by atoms with Crippen molar-refractivity contribution in [2.45, 2.75) is 13.3 Å². The highest BCUT2D eigenvalue weighted by Gasteiger charge is 2.08. The lowest BCUT2D eigenvalue weighted by Crippen LogP contribution is -2.08. The van der Waals surface area contributed by atoms with Gasteiger partial charge in [0.2, 0.25) is 0 Å². The van der Waals surface area contributed by atoms with Gasteiger partial charge in [-0.1, -0.05) is 0 Å². The highest BCUT2D eigenvalue weighted by atomic mass is 16.5. The number of nitrogens with zero attached hydrogens (tertiary/aromatic N) is 1. The molecule has 0 unspecified atom stereocenters. The maximum atomic E-state index is 10.9.